The maximum atomic E-state index is 6.12. The summed E-state index contributed by atoms with van der Waals surface area (Å²) in [6.07, 6.45) is 28.0. The maximum Gasteiger partial charge on any atom is 0.0314 e. The fourth-order valence-electron chi connectivity index (χ4n) is 9.76. The van der Waals surface area contributed by atoms with Gasteiger partial charge in [0.1, 0.15) is 0 Å². The van der Waals surface area contributed by atoms with Gasteiger partial charge in [-0.2, -0.15) is 0 Å². The average Bonchev–Trinajstić information content (AvgIpc) is 3.22. The maximum absolute atomic E-state index is 6.12. The molecule has 0 bridgehead atoms. The van der Waals surface area contributed by atoms with Crippen molar-refractivity contribution in [2.75, 3.05) is 11.5 Å². The van der Waals surface area contributed by atoms with Crippen LogP contribution in [0.3, 0.4) is 0 Å². The first-order valence-corrected chi connectivity index (χ1v) is 22.9. The molecule has 0 heterocycles. The van der Waals surface area contributed by atoms with Gasteiger partial charge in [0.05, 0.1) is 0 Å². The largest absolute Gasteiger partial charge is 0.399 e. The molecular weight excluding hydrogens is 665 g/mol. The molecule has 1 saturated carbocycles. The van der Waals surface area contributed by atoms with E-state index in [1.165, 1.54) is 168 Å². The van der Waals surface area contributed by atoms with Gasteiger partial charge < -0.3 is 11.5 Å². The van der Waals surface area contributed by atoms with Gasteiger partial charge in [-0.15, -0.1) is 0 Å². The zero-order chi connectivity index (χ0) is 38.7. The Kier molecular flexibility index (Phi) is 18.2. The van der Waals surface area contributed by atoms with Crippen LogP contribution in [0.2, 0.25) is 0 Å². The molecule has 4 aromatic rings. The molecule has 2 nitrogen and oxygen atoms in total. The van der Waals surface area contributed by atoms with Gasteiger partial charge in [0.2, 0.25) is 0 Å². The normalized spacial score (nSPS) is 15.8. The zero-order valence-corrected chi connectivity index (χ0v) is 35.1. The van der Waals surface area contributed by atoms with Gasteiger partial charge >= 0.3 is 0 Å². The lowest BCUT2D eigenvalue weighted by Crippen LogP contribution is -2.19. The molecule has 1 aliphatic rings. The number of hydrogen-bond donors (Lipinski definition) is 2. The molecule has 0 amide bonds. The van der Waals surface area contributed by atoms with E-state index in [4.69, 9.17) is 11.5 Å². The van der Waals surface area contributed by atoms with Crippen LogP contribution in [0.15, 0.2) is 97.1 Å². The number of nitrogens with two attached hydrogens (primary N) is 2. The molecule has 3 atom stereocenters. The number of unbranched alkanes of at least 4 members (excludes halogenated alkanes) is 8. The molecule has 5 rings (SSSR count). The van der Waals surface area contributed by atoms with Crippen LogP contribution in [0.5, 0.6) is 0 Å². The standard InChI is InChI=1S/C53H76N2/c1-4-7-10-11-15-20-42(41-18-16-12-17-19-41)35-40-53(45-27-23-43(24-28-45)51(21-13-8-5-2)47-31-36-49(54)37-32-47)46-29-25-44(26-30-46)52(22-14-9-6-3)48-33-38-50(55)39-34-48/h23-34,36-39,41-42,51-53H,4-22,35,40,54-55H2,1-3H3. The van der Waals surface area contributed by atoms with Gasteiger partial charge in [0, 0.05) is 29.1 Å². The summed E-state index contributed by atoms with van der Waals surface area (Å²) in [5, 5.41) is 0. The molecule has 0 aromatic heterocycles. The molecule has 0 aliphatic heterocycles. The first kappa shape index (κ1) is 42.6. The molecule has 298 valence electrons. The Morgan fingerprint density at radius 2 is 0.709 bits per heavy atom. The molecular formula is C53H76N2. The lowest BCUT2D eigenvalue weighted by Gasteiger charge is -2.32. The van der Waals surface area contributed by atoms with Crippen molar-refractivity contribution >= 4 is 11.4 Å². The van der Waals surface area contributed by atoms with Gasteiger partial charge in [-0.05, 0) is 95.2 Å². The van der Waals surface area contributed by atoms with Gasteiger partial charge in [-0.1, -0.05) is 203 Å². The summed E-state index contributed by atoms with van der Waals surface area (Å²) in [4.78, 5) is 0. The minimum atomic E-state index is 0.402. The third-order valence-electron chi connectivity index (χ3n) is 13.2. The van der Waals surface area contributed by atoms with E-state index in [-0.39, 0.29) is 0 Å². The summed E-state index contributed by atoms with van der Waals surface area (Å²) in [6, 6.07) is 37.1. The number of nitrogen functional groups attached to an aromatic ring is 2. The number of hydrogen-bond acceptors (Lipinski definition) is 2. The molecule has 4 N–H and O–H groups in total. The smallest absolute Gasteiger partial charge is 0.0314 e. The third kappa shape index (κ3) is 13.3. The van der Waals surface area contributed by atoms with Crippen molar-refractivity contribution in [2.24, 2.45) is 11.8 Å². The number of benzene rings is 4. The van der Waals surface area contributed by atoms with Crippen LogP contribution in [0.1, 0.15) is 207 Å². The van der Waals surface area contributed by atoms with E-state index in [0.29, 0.717) is 17.8 Å². The van der Waals surface area contributed by atoms with Crippen molar-refractivity contribution in [1.82, 2.24) is 0 Å². The highest BCUT2D eigenvalue weighted by molar-refractivity contribution is 5.45. The number of anilines is 2. The van der Waals surface area contributed by atoms with Crippen molar-refractivity contribution in [2.45, 2.75) is 173 Å². The van der Waals surface area contributed by atoms with E-state index in [1.807, 2.05) is 0 Å². The van der Waals surface area contributed by atoms with E-state index in [1.54, 1.807) is 0 Å². The quantitative estimate of drug-likeness (QED) is 0.0555. The highest BCUT2D eigenvalue weighted by atomic mass is 14.5. The highest BCUT2D eigenvalue weighted by Crippen LogP contribution is 2.41. The van der Waals surface area contributed by atoms with Crippen LogP contribution in [0.4, 0.5) is 11.4 Å². The van der Waals surface area contributed by atoms with Crippen LogP contribution in [0, 0.1) is 11.8 Å². The summed E-state index contributed by atoms with van der Waals surface area (Å²) in [7, 11) is 0. The van der Waals surface area contributed by atoms with E-state index in [0.717, 1.165) is 23.2 Å². The second-order valence-electron chi connectivity index (χ2n) is 17.3. The van der Waals surface area contributed by atoms with E-state index < -0.39 is 0 Å². The summed E-state index contributed by atoms with van der Waals surface area (Å²) in [5.41, 5.74) is 22.5. The monoisotopic (exact) mass is 741 g/mol. The Labute approximate surface area is 337 Å². The molecule has 1 aliphatic carbocycles. The fourth-order valence-corrected chi connectivity index (χ4v) is 9.76. The minimum absolute atomic E-state index is 0.402. The summed E-state index contributed by atoms with van der Waals surface area (Å²) in [5.74, 6) is 2.97. The Morgan fingerprint density at radius 3 is 1.11 bits per heavy atom. The predicted octanol–water partition coefficient (Wildman–Crippen LogP) is 15.7. The molecule has 55 heavy (non-hydrogen) atoms. The zero-order valence-electron chi connectivity index (χ0n) is 35.1. The Balaban J connectivity index is 1.44. The average molecular weight is 741 g/mol. The molecule has 0 saturated heterocycles. The molecule has 0 radical (unpaired) electrons. The van der Waals surface area contributed by atoms with Crippen LogP contribution in [0.25, 0.3) is 0 Å². The molecule has 1 fully saturated rings. The lowest BCUT2D eigenvalue weighted by atomic mass is 9.73. The summed E-state index contributed by atoms with van der Waals surface area (Å²) >= 11 is 0. The molecule has 0 spiro atoms. The van der Waals surface area contributed by atoms with E-state index in [9.17, 15) is 0 Å². The van der Waals surface area contributed by atoms with Gasteiger partial charge in [-0.25, -0.2) is 0 Å². The Morgan fingerprint density at radius 1 is 0.382 bits per heavy atom. The third-order valence-corrected chi connectivity index (χ3v) is 13.2. The first-order chi connectivity index (χ1) is 27.0. The van der Waals surface area contributed by atoms with Crippen molar-refractivity contribution in [3.63, 3.8) is 0 Å². The highest BCUT2D eigenvalue weighted by Gasteiger charge is 2.26. The van der Waals surface area contributed by atoms with Crippen LogP contribution < -0.4 is 11.5 Å². The van der Waals surface area contributed by atoms with Crippen molar-refractivity contribution in [3.8, 4) is 0 Å². The molecule has 3 unspecified atom stereocenters. The van der Waals surface area contributed by atoms with Crippen molar-refractivity contribution in [3.05, 3.63) is 130 Å². The summed E-state index contributed by atoms with van der Waals surface area (Å²) < 4.78 is 0. The fraction of sp³-hybridized carbons (Fsp3) is 0.547. The SMILES string of the molecule is CCCCCCCC(CCC(c1ccc(C(CCCCC)c2ccc(N)cc2)cc1)c1ccc(C(CCCCC)c2ccc(N)cc2)cc1)C1CCCCC1. The van der Waals surface area contributed by atoms with Crippen LogP contribution >= 0.6 is 0 Å². The van der Waals surface area contributed by atoms with Crippen molar-refractivity contribution < 1.29 is 0 Å². The van der Waals surface area contributed by atoms with E-state index in [2.05, 4.69) is 118 Å². The Hall–Kier alpha value is -3.52. The molecule has 2 heteroatoms. The van der Waals surface area contributed by atoms with Gasteiger partial charge in [-0.3, -0.25) is 0 Å². The van der Waals surface area contributed by atoms with Crippen LogP contribution in [-0.4, -0.2) is 0 Å². The van der Waals surface area contributed by atoms with E-state index >= 15 is 0 Å². The topological polar surface area (TPSA) is 52.0 Å². The second kappa shape index (κ2) is 23.5. The number of rotatable bonds is 24. The summed E-state index contributed by atoms with van der Waals surface area (Å²) in [6.45, 7) is 6.93. The first-order valence-electron chi connectivity index (χ1n) is 22.9. The molecule has 4 aromatic carbocycles. The minimum Gasteiger partial charge on any atom is -0.399 e. The van der Waals surface area contributed by atoms with Crippen molar-refractivity contribution in [1.29, 1.82) is 0 Å². The predicted molar refractivity (Wildman–Crippen MR) is 241 cm³/mol. The van der Waals surface area contributed by atoms with Gasteiger partial charge in [0.25, 0.3) is 0 Å². The second-order valence-corrected chi connectivity index (χ2v) is 17.3. The van der Waals surface area contributed by atoms with Gasteiger partial charge in [0.15, 0.2) is 0 Å². The Bertz CT molecular complexity index is 1480. The van der Waals surface area contributed by atoms with Crippen LogP contribution in [-0.2, 0) is 0 Å². The lowest BCUT2D eigenvalue weighted by molar-refractivity contribution is 0.214.